The summed E-state index contributed by atoms with van der Waals surface area (Å²) in [5.41, 5.74) is 1.79. The minimum atomic E-state index is 0.381. The Labute approximate surface area is 103 Å². The highest BCUT2D eigenvalue weighted by Crippen LogP contribution is 2.25. The standard InChI is InChI=1S/C11H9ClN2OS/c1-15-8-4-2-3-7(5-8)9-6-10(12)13-14-11(9)16/h2-6H,1H3,(H,14,16). The first kappa shape index (κ1) is 11.1. The molecule has 0 radical (unpaired) electrons. The van der Waals surface area contributed by atoms with Crippen molar-refractivity contribution in [3.63, 3.8) is 0 Å². The van der Waals surface area contributed by atoms with E-state index in [-0.39, 0.29) is 0 Å². The summed E-state index contributed by atoms with van der Waals surface area (Å²) >= 11 is 11.0. The zero-order chi connectivity index (χ0) is 11.5. The molecule has 0 saturated heterocycles. The molecule has 0 aliphatic rings. The number of methoxy groups -OCH3 is 1. The smallest absolute Gasteiger partial charge is 0.150 e. The van der Waals surface area contributed by atoms with Crippen LogP contribution in [0.4, 0.5) is 0 Å². The summed E-state index contributed by atoms with van der Waals surface area (Å²) in [6.45, 7) is 0. The maximum absolute atomic E-state index is 5.82. The molecule has 0 fully saturated rings. The number of nitrogens with one attached hydrogen (secondary N) is 1. The first-order valence-corrected chi connectivity index (χ1v) is 5.39. The molecule has 1 heterocycles. The van der Waals surface area contributed by atoms with E-state index in [4.69, 9.17) is 28.6 Å². The molecule has 82 valence electrons. The molecule has 1 N–H and O–H groups in total. The molecular formula is C11H9ClN2OS. The molecule has 5 heteroatoms. The number of halogens is 1. The summed E-state index contributed by atoms with van der Waals surface area (Å²) in [4.78, 5) is 0. The highest BCUT2D eigenvalue weighted by atomic mass is 35.5. The van der Waals surface area contributed by atoms with E-state index in [1.807, 2.05) is 24.3 Å². The lowest BCUT2D eigenvalue weighted by Gasteiger charge is -2.04. The van der Waals surface area contributed by atoms with E-state index in [1.54, 1.807) is 13.2 Å². The maximum atomic E-state index is 5.82. The van der Waals surface area contributed by atoms with Gasteiger partial charge < -0.3 is 4.74 Å². The van der Waals surface area contributed by atoms with E-state index in [1.165, 1.54) is 0 Å². The third-order valence-electron chi connectivity index (χ3n) is 2.15. The number of H-pyrrole nitrogens is 1. The lowest BCUT2D eigenvalue weighted by molar-refractivity contribution is 0.415. The van der Waals surface area contributed by atoms with Crippen molar-refractivity contribution in [3.8, 4) is 16.9 Å². The Bertz CT molecular complexity index is 568. The van der Waals surface area contributed by atoms with Crippen LogP contribution in [-0.4, -0.2) is 17.3 Å². The second-order valence-electron chi connectivity index (χ2n) is 3.17. The van der Waals surface area contributed by atoms with Crippen LogP contribution < -0.4 is 4.74 Å². The Hall–Kier alpha value is -1.39. The van der Waals surface area contributed by atoms with E-state index in [2.05, 4.69) is 10.2 Å². The number of nitrogens with zero attached hydrogens (tertiary/aromatic N) is 1. The van der Waals surface area contributed by atoms with Gasteiger partial charge in [-0.05, 0) is 23.8 Å². The lowest BCUT2D eigenvalue weighted by Crippen LogP contribution is -1.88. The summed E-state index contributed by atoms with van der Waals surface area (Å²) in [5, 5.41) is 6.89. The molecule has 3 nitrogen and oxygen atoms in total. The van der Waals surface area contributed by atoms with Crippen molar-refractivity contribution >= 4 is 23.8 Å². The van der Waals surface area contributed by atoms with E-state index < -0.39 is 0 Å². The molecule has 1 aromatic carbocycles. The van der Waals surface area contributed by atoms with Crippen LogP contribution in [0.2, 0.25) is 5.15 Å². The summed E-state index contributed by atoms with van der Waals surface area (Å²) in [6.07, 6.45) is 0. The van der Waals surface area contributed by atoms with Crippen molar-refractivity contribution in [2.24, 2.45) is 0 Å². The first-order valence-electron chi connectivity index (χ1n) is 4.60. The molecule has 2 rings (SSSR count). The van der Waals surface area contributed by atoms with Crippen LogP contribution in [-0.2, 0) is 0 Å². The highest BCUT2D eigenvalue weighted by Gasteiger charge is 2.03. The van der Waals surface area contributed by atoms with Gasteiger partial charge in [0.05, 0.1) is 7.11 Å². The van der Waals surface area contributed by atoms with Crippen LogP contribution >= 0.6 is 23.8 Å². The van der Waals surface area contributed by atoms with Crippen LogP contribution in [0.3, 0.4) is 0 Å². The predicted octanol–water partition coefficient (Wildman–Crippen LogP) is 3.47. The summed E-state index contributed by atoms with van der Waals surface area (Å²) in [6, 6.07) is 9.35. The zero-order valence-corrected chi connectivity index (χ0v) is 10.1. The minimum absolute atomic E-state index is 0.381. The van der Waals surface area contributed by atoms with Crippen molar-refractivity contribution in [1.29, 1.82) is 0 Å². The van der Waals surface area contributed by atoms with E-state index in [0.29, 0.717) is 9.79 Å². The molecule has 0 bridgehead atoms. The number of ether oxygens (including phenoxy) is 1. The van der Waals surface area contributed by atoms with Crippen molar-refractivity contribution in [2.45, 2.75) is 0 Å². The fourth-order valence-electron chi connectivity index (χ4n) is 1.39. The van der Waals surface area contributed by atoms with Crippen LogP contribution in [0, 0.1) is 4.64 Å². The second-order valence-corrected chi connectivity index (χ2v) is 3.96. The topological polar surface area (TPSA) is 37.9 Å². The van der Waals surface area contributed by atoms with Gasteiger partial charge in [-0.3, -0.25) is 5.10 Å². The monoisotopic (exact) mass is 252 g/mol. The largest absolute Gasteiger partial charge is 0.497 e. The first-order chi connectivity index (χ1) is 7.70. The number of hydrogen-bond acceptors (Lipinski definition) is 3. The Balaban J connectivity index is 2.58. The Kier molecular flexibility index (Phi) is 3.22. The van der Waals surface area contributed by atoms with Crippen molar-refractivity contribution in [1.82, 2.24) is 10.2 Å². The maximum Gasteiger partial charge on any atom is 0.150 e. The molecule has 2 aromatic rings. The van der Waals surface area contributed by atoms with Crippen molar-refractivity contribution in [3.05, 3.63) is 40.1 Å². The third-order valence-corrected chi connectivity index (χ3v) is 2.66. The lowest BCUT2D eigenvalue weighted by atomic mass is 10.1. The molecular weight excluding hydrogens is 244 g/mol. The fourth-order valence-corrected chi connectivity index (χ4v) is 1.76. The fraction of sp³-hybridized carbons (Fsp3) is 0.0909. The van der Waals surface area contributed by atoms with Crippen LogP contribution in [0.15, 0.2) is 30.3 Å². The molecule has 0 aliphatic carbocycles. The average Bonchev–Trinajstić information content (AvgIpc) is 2.32. The van der Waals surface area contributed by atoms with Gasteiger partial charge in [0.2, 0.25) is 0 Å². The second kappa shape index (κ2) is 4.63. The van der Waals surface area contributed by atoms with Crippen molar-refractivity contribution in [2.75, 3.05) is 7.11 Å². The van der Waals surface area contributed by atoms with Gasteiger partial charge in [-0.25, -0.2) is 0 Å². The van der Waals surface area contributed by atoms with Gasteiger partial charge in [-0.1, -0.05) is 36.0 Å². The van der Waals surface area contributed by atoms with Gasteiger partial charge >= 0.3 is 0 Å². The van der Waals surface area contributed by atoms with Gasteiger partial charge in [-0.15, -0.1) is 0 Å². The minimum Gasteiger partial charge on any atom is -0.497 e. The SMILES string of the molecule is COc1cccc(-c2cc(Cl)n[nH]c2=S)c1. The highest BCUT2D eigenvalue weighted by molar-refractivity contribution is 7.71. The van der Waals surface area contributed by atoms with Gasteiger partial charge in [0.25, 0.3) is 0 Å². The Morgan fingerprint density at radius 2 is 2.19 bits per heavy atom. The van der Waals surface area contributed by atoms with Crippen LogP contribution in [0.1, 0.15) is 0 Å². The normalized spacial score (nSPS) is 10.1. The molecule has 0 aliphatic heterocycles. The number of hydrogen-bond donors (Lipinski definition) is 1. The Morgan fingerprint density at radius 1 is 1.38 bits per heavy atom. The predicted molar refractivity (Wildman–Crippen MR) is 66.4 cm³/mol. The molecule has 0 unspecified atom stereocenters. The van der Waals surface area contributed by atoms with Gasteiger partial charge in [0.1, 0.15) is 15.5 Å². The van der Waals surface area contributed by atoms with Gasteiger partial charge in [-0.2, -0.15) is 5.10 Å². The number of rotatable bonds is 2. The van der Waals surface area contributed by atoms with Gasteiger partial charge in [0.15, 0.2) is 0 Å². The summed E-state index contributed by atoms with van der Waals surface area (Å²) in [5.74, 6) is 0.778. The summed E-state index contributed by atoms with van der Waals surface area (Å²) < 4.78 is 5.71. The molecule has 0 spiro atoms. The molecule has 0 atom stereocenters. The molecule has 16 heavy (non-hydrogen) atoms. The van der Waals surface area contributed by atoms with E-state index in [9.17, 15) is 0 Å². The summed E-state index contributed by atoms with van der Waals surface area (Å²) in [7, 11) is 1.62. The van der Waals surface area contributed by atoms with Crippen molar-refractivity contribution < 1.29 is 4.74 Å². The number of aromatic amines is 1. The average molecular weight is 253 g/mol. The molecule has 0 amide bonds. The van der Waals surface area contributed by atoms with Crippen LogP contribution in [0.5, 0.6) is 5.75 Å². The number of aromatic nitrogens is 2. The molecule has 1 aromatic heterocycles. The third kappa shape index (κ3) is 2.23. The van der Waals surface area contributed by atoms with Crippen LogP contribution in [0.25, 0.3) is 11.1 Å². The Morgan fingerprint density at radius 3 is 2.94 bits per heavy atom. The number of benzene rings is 1. The van der Waals surface area contributed by atoms with E-state index >= 15 is 0 Å². The van der Waals surface area contributed by atoms with E-state index in [0.717, 1.165) is 16.9 Å². The zero-order valence-electron chi connectivity index (χ0n) is 8.53. The molecule has 0 saturated carbocycles. The van der Waals surface area contributed by atoms with Gasteiger partial charge in [0, 0.05) is 5.56 Å². The quantitative estimate of drug-likeness (QED) is 0.832.